The number of aromatic nitrogens is 1. The van der Waals surface area contributed by atoms with Gasteiger partial charge in [-0.15, -0.1) is 11.3 Å². The summed E-state index contributed by atoms with van der Waals surface area (Å²) in [5, 5.41) is 3.13. The van der Waals surface area contributed by atoms with E-state index in [0.717, 1.165) is 35.5 Å². The highest BCUT2D eigenvalue weighted by Crippen LogP contribution is 2.28. The third kappa shape index (κ3) is 3.22. The Morgan fingerprint density at radius 1 is 1.43 bits per heavy atom. The number of aryl methyl sites for hydroxylation is 1. The van der Waals surface area contributed by atoms with Crippen LogP contribution >= 0.6 is 11.3 Å². The minimum absolute atomic E-state index is 0.116. The summed E-state index contributed by atoms with van der Waals surface area (Å²) in [6, 6.07) is 7.49. The largest absolute Gasteiger partial charge is 0.379 e. The van der Waals surface area contributed by atoms with Gasteiger partial charge in [0.1, 0.15) is 0 Å². The van der Waals surface area contributed by atoms with Gasteiger partial charge in [-0.3, -0.25) is 4.79 Å². The molecule has 0 spiro atoms. The number of nitrogens with zero attached hydrogens (tertiary/aromatic N) is 1. The summed E-state index contributed by atoms with van der Waals surface area (Å²) in [5.74, 6) is 0.502. The summed E-state index contributed by atoms with van der Waals surface area (Å²) >= 11 is 1.61. The monoisotopic (exact) mass is 303 g/mol. The Bertz CT molecular complexity index is 618. The van der Waals surface area contributed by atoms with Gasteiger partial charge in [-0.05, 0) is 56.1 Å². The Hall–Kier alpha value is -1.92. The van der Waals surface area contributed by atoms with E-state index in [4.69, 9.17) is 4.84 Å². The molecule has 2 N–H and O–H groups in total. The van der Waals surface area contributed by atoms with E-state index in [1.165, 1.54) is 0 Å². The number of carbonyl (C=O) groups is 1. The molecule has 1 saturated heterocycles. The minimum Gasteiger partial charge on any atom is -0.379 e. The average Bonchev–Trinajstić information content (AvgIpc) is 3.17. The van der Waals surface area contributed by atoms with Gasteiger partial charge in [0.25, 0.3) is 5.91 Å². The van der Waals surface area contributed by atoms with Crippen LogP contribution in [0.25, 0.3) is 10.4 Å². The van der Waals surface area contributed by atoms with Gasteiger partial charge in [0, 0.05) is 0 Å². The number of carbonyl (C=O) groups excluding carboxylic acids is 1. The van der Waals surface area contributed by atoms with Gasteiger partial charge in [-0.1, -0.05) is 0 Å². The van der Waals surface area contributed by atoms with E-state index in [2.05, 4.69) is 15.8 Å². The predicted molar refractivity (Wildman–Crippen MR) is 82.1 cm³/mol. The van der Waals surface area contributed by atoms with Crippen molar-refractivity contribution in [3.8, 4) is 16.2 Å². The second kappa shape index (κ2) is 6.24. The number of benzene rings is 1. The van der Waals surface area contributed by atoms with Crippen LogP contribution < -0.4 is 15.6 Å². The van der Waals surface area contributed by atoms with Crippen molar-refractivity contribution in [1.82, 2.24) is 15.8 Å². The molecule has 1 aliphatic rings. The molecule has 1 unspecified atom stereocenters. The van der Waals surface area contributed by atoms with E-state index < -0.39 is 0 Å². The normalized spacial score (nSPS) is 17.7. The molecule has 2 aromatic rings. The topological polar surface area (TPSA) is 63.2 Å². The quantitative estimate of drug-likeness (QED) is 0.851. The lowest BCUT2D eigenvalue weighted by Crippen LogP contribution is -2.41. The van der Waals surface area contributed by atoms with Crippen LogP contribution in [0.15, 0.2) is 29.8 Å². The SMILES string of the molecule is Cc1ncsc1-c1ccc(ONC(=O)C2CCCN2)cc1. The number of hydroxylamine groups is 1. The molecule has 1 aliphatic heterocycles. The minimum atomic E-state index is -0.135. The maximum atomic E-state index is 11.8. The molecule has 2 heterocycles. The Labute approximate surface area is 127 Å². The molecule has 1 fully saturated rings. The van der Waals surface area contributed by atoms with Gasteiger partial charge >= 0.3 is 0 Å². The number of thiazole rings is 1. The van der Waals surface area contributed by atoms with Crippen molar-refractivity contribution < 1.29 is 9.63 Å². The number of hydrogen-bond donors (Lipinski definition) is 2. The van der Waals surface area contributed by atoms with Crippen molar-refractivity contribution in [3.05, 3.63) is 35.5 Å². The molecule has 0 bridgehead atoms. The van der Waals surface area contributed by atoms with Crippen LogP contribution in [-0.2, 0) is 4.79 Å². The van der Waals surface area contributed by atoms with E-state index in [1.807, 2.05) is 36.7 Å². The highest BCUT2D eigenvalue weighted by atomic mass is 32.1. The van der Waals surface area contributed by atoms with Gasteiger partial charge in [-0.2, -0.15) is 5.48 Å². The van der Waals surface area contributed by atoms with Crippen LogP contribution in [0.2, 0.25) is 0 Å². The fourth-order valence-corrected chi connectivity index (χ4v) is 3.15. The van der Waals surface area contributed by atoms with Crippen LogP contribution in [0.1, 0.15) is 18.5 Å². The van der Waals surface area contributed by atoms with E-state index in [0.29, 0.717) is 5.75 Å². The molecule has 0 aliphatic carbocycles. The Morgan fingerprint density at radius 3 is 2.86 bits per heavy atom. The van der Waals surface area contributed by atoms with Crippen LogP contribution in [-0.4, -0.2) is 23.5 Å². The molecular weight excluding hydrogens is 286 g/mol. The first-order chi connectivity index (χ1) is 10.2. The number of nitrogens with one attached hydrogen (secondary N) is 2. The summed E-state index contributed by atoms with van der Waals surface area (Å²) in [4.78, 5) is 22.5. The average molecular weight is 303 g/mol. The summed E-state index contributed by atoms with van der Waals surface area (Å²) < 4.78 is 0. The molecule has 1 aromatic carbocycles. The fourth-order valence-electron chi connectivity index (χ4n) is 2.34. The molecular formula is C15H17N3O2S. The molecule has 6 heteroatoms. The van der Waals surface area contributed by atoms with E-state index >= 15 is 0 Å². The zero-order valence-corrected chi connectivity index (χ0v) is 12.6. The van der Waals surface area contributed by atoms with Crippen molar-refractivity contribution >= 4 is 17.2 Å². The van der Waals surface area contributed by atoms with Gasteiger partial charge in [0.2, 0.25) is 0 Å². The van der Waals surface area contributed by atoms with Gasteiger partial charge < -0.3 is 10.2 Å². The summed E-state index contributed by atoms with van der Waals surface area (Å²) in [6.07, 6.45) is 1.89. The van der Waals surface area contributed by atoms with Crippen LogP contribution in [0.3, 0.4) is 0 Å². The lowest BCUT2D eigenvalue weighted by molar-refractivity contribution is -0.129. The maximum Gasteiger partial charge on any atom is 0.269 e. The molecule has 21 heavy (non-hydrogen) atoms. The number of amides is 1. The third-order valence-electron chi connectivity index (χ3n) is 3.51. The molecule has 1 amide bonds. The van der Waals surface area contributed by atoms with Crippen LogP contribution in [0.4, 0.5) is 0 Å². The molecule has 110 valence electrons. The zero-order chi connectivity index (χ0) is 14.7. The first-order valence-electron chi connectivity index (χ1n) is 6.94. The zero-order valence-electron chi connectivity index (χ0n) is 11.8. The standard InChI is InChI=1S/C15H17N3O2S/c1-10-14(21-9-17-10)11-4-6-12(7-5-11)20-18-15(19)13-3-2-8-16-13/h4-7,9,13,16H,2-3,8H2,1H3,(H,18,19). The molecule has 3 rings (SSSR count). The molecule has 0 saturated carbocycles. The second-order valence-electron chi connectivity index (χ2n) is 5.01. The summed E-state index contributed by atoms with van der Waals surface area (Å²) in [7, 11) is 0. The smallest absolute Gasteiger partial charge is 0.269 e. The number of hydrogen-bond acceptors (Lipinski definition) is 5. The molecule has 5 nitrogen and oxygen atoms in total. The van der Waals surface area contributed by atoms with Crippen molar-refractivity contribution in [2.24, 2.45) is 0 Å². The lowest BCUT2D eigenvalue weighted by atomic mass is 10.1. The first kappa shape index (κ1) is 14.0. The summed E-state index contributed by atoms with van der Waals surface area (Å²) in [5.41, 5.74) is 6.46. The fraction of sp³-hybridized carbons (Fsp3) is 0.333. The Kier molecular flexibility index (Phi) is 4.17. The maximum absolute atomic E-state index is 11.8. The van der Waals surface area contributed by atoms with E-state index in [-0.39, 0.29) is 11.9 Å². The second-order valence-corrected chi connectivity index (χ2v) is 5.86. The van der Waals surface area contributed by atoms with Gasteiger partial charge in [-0.25, -0.2) is 4.98 Å². The van der Waals surface area contributed by atoms with Crippen molar-refractivity contribution in [2.75, 3.05) is 6.54 Å². The van der Waals surface area contributed by atoms with Gasteiger partial charge in [0.15, 0.2) is 5.75 Å². The predicted octanol–water partition coefficient (Wildman–Crippen LogP) is 2.28. The van der Waals surface area contributed by atoms with Crippen LogP contribution in [0.5, 0.6) is 5.75 Å². The van der Waals surface area contributed by atoms with Crippen LogP contribution in [0, 0.1) is 6.92 Å². The van der Waals surface area contributed by atoms with Crippen molar-refractivity contribution in [2.45, 2.75) is 25.8 Å². The molecule has 1 atom stereocenters. The highest BCUT2D eigenvalue weighted by molar-refractivity contribution is 7.13. The van der Waals surface area contributed by atoms with E-state index in [9.17, 15) is 4.79 Å². The first-order valence-corrected chi connectivity index (χ1v) is 7.82. The van der Waals surface area contributed by atoms with Gasteiger partial charge in [0.05, 0.1) is 22.1 Å². The lowest BCUT2D eigenvalue weighted by Gasteiger charge is -2.11. The highest BCUT2D eigenvalue weighted by Gasteiger charge is 2.22. The molecule has 1 aromatic heterocycles. The number of rotatable bonds is 4. The Morgan fingerprint density at radius 2 is 2.24 bits per heavy atom. The Balaban J connectivity index is 1.60. The molecule has 0 radical (unpaired) electrons. The van der Waals surface area contributed by atoms with Crippen molar-refractivity contribution in [3.63, 3.8) is 0 Å². The van der Waals surface area contributed by atoms with E-state index in [1.54, 1.807) is 11.3 Å². The van der Waals surface area contributed by atoms with Crippen molar-refractivity contribution in [1.29, 1.82) is 0 Å². The summed E-state index contributed by atoms with van der Waals surface area (Å²) in [6.45, 7) is 2.88. The third-order valence-corrected chi connectivity index (χ3v) is 4.49.